The zero-order valence-corrected chi connectivity index (χ0v) is 16.8. The van der Waals surface area contributed by atoms with Crippen molar-refractivity contribution in [1.82, 2.24) is 15.5 Å². The van der Waals surface area contributed by atoms with Gasteiger partial charge in [0.05, 0.1) is 0 Å². The van der Waals surface area contributed by atoms with Crippen molar-refractivity contribution in [3.05, 3.63) is 29.8 Å². The highest BCUT2D eigenvalue weighted by molar-refractivity contribution is 5.94. The lowest BCUT2D eigenvalue weighted by Crippen LogP contribution is -2.46. The molecule has 3 N–H and O–H groups in total. The fourth-order valence-corrected chi connectivity index (χ4v) is 4.43. The third-order valence-corrected chi connectivity index (χ3v) is 5.51. The van der Waals surface area contributed by atoms with Gasteiger partial charge in [0.25, 0.3) is 0 Å². The van der Waals surface area contributed by atoms with Crippen LogP contribution in [0.15, 0.2) is 29.3 Å². The number of hydrogen-bond acceptors (Lipinski definition) is 3. The summed E-state index contributed by atoms with van der Waals surface area (Å²) in [5.74, 6) is 2.61. The minimum absolute atomic E-state index is 0.0804. The van der Waals surface area contributed by atoms with Crippen LogP contribution in [0.3, 0.4) is 0 Å². The molecule has 6 nitrogen and oxygen atoms in total. The van der Waals surface area contributed by atoms with Crippen LogP contribution < -0.4 is 16.0 Å². The molecule has 0 bridgehead atoms. The number of fused-ring (bicyclic) bond motifs is 1. The zero-order valence-electron chi connectivity index (χ0n) is 16.8. The summed E-state index contributed by atoms with van der Waals surface area (Å²) in [6.45, 7) is 9.66. The molecular formula is C21H33N5O. The summed E-state index contributed by atoms with van der Waals surface area (Å²) in [4.78, 5) is 18.8. The molecule has 148 valence electrons. The predicted octanol–water partition coefficient (Wildman–Crippen LogP) is 2.26. The van der Waals surface area contributed by atoms with E-state index in [9.17, 15) is 4.79 Å². The lowest BCUT2D eigenvalue weighted by molar-refractivity contribution is -0.116. The lowest BCUT2D eigenvalue weighted by Gasteiger charge is -2.35. The molecule has 2 aliphatic rings. The molecule has 0 aliphatic carbocycles. The van der Waals surface area contributed by atoms with Gasteiger partial charge in [-0.1, -0.05) is 32.0 Å². The van der Waals surface area contributed by atoms with Gasteiger partial charge >= 0.3 is 0 Å². The number of nitrogens with one attached hydrogen (secondary N) is 3. The number of aliphatic imine (C=N–C) groups is 1. The maximum atomic E-state index is 12.0. The van der Waals surface area contributed by atoms with Crippen molar-refractivity contribution in [1.29, 1.82) is 0 Å². The SMILES string of the molecule is CN=C(NCCN1CC(C)CC(C)C1)NCC1CC(=O)Nc2ccccc21. The molecule has 3 rings (SSSR count). The van der Waals surface area contributed by atoms with Crippen LogP contribution in [0.4, 0.5) is 5.69 Å². The molecule has 0 saturated carbocycles. The van der Waals surface area contributed by atoms with E-state index in [1.165, 1.54) is 25.1 Å². The first-order chi connectivity index (χ1) is 13.0. The smallest absolute Gasteiger partial charge is 0.225 e. The van der Waals surface area contributed by atoms with Gasteiger partial charge < -0.3 is 20.9 Å². The summed E-state index contributed by atoms with van der Waals surface area (Å²) in [5, 5.41) is 9.77. The zero-order chi connectivity index (χ0) is 19.2. The molecule has 1 aromatic carbocycles. The second-order valence-corrected chi connectivity index (χ2v) is 8.12. The first kappa shape index (κ1) is 19.7. The van der Waals surface area contributed by atoms with E-state index in [-0.39, 0.29) is 11.8 Å². The molecule has 1 saturated heterocycles. The van der Waals surface area contributed by atoms with Crippen LogP contribution >= 0.6 is 0 Å². The van der Waals surface area contributed by atoms with Gasteiger partial charge in [-0.3, -0.25) is 9.79 Å². The Labute approximate surface area is 162 Å². The van der Waals surface area contributed by atoms with Gasteiger partial charge in [-0.05, 0) is 29.9 Å². The molecule has 0 spiro atoms. The van der Waals surface area contributed by atoms with Crippen molar-refractivity contribution < 1.29 is 4.79 Å². The van der Waals surface area contributed by atoms with E-state index in [0.29, 0.717) is 13.0 Å². The second kappa shape index (κ2) is 9.22. The average Bonchev–Trinajstić information content (AvgIpc) is 2.63. The van der Waals surface area contributed by atoms with Crippen molar-refractivity contribution >= 4 is 17.6 Å². The second-order valence-electron chi connectivity index (χ2n) is 8.12. The van der Waals surface area contributed by atoms with Crippen LogP contribution in [0, 0.1) is 11.8 Å². The largest absolute Gasteiger partial charge is 0.356 e. The van der Waals surface area contributed by atoms with E-state index in [4.69, 9.17) is 0 Å². The van der Waals surface area contributed by atoms with Gasteiger partial charge in [0, 0.05) is 57.8 Å². The van der Waals surface area contributed by atoms with Gasteiger partial charge in [0.1, 0.15) is 0 Å². The quantitative estimate of drug-likeness (QED) is 0.549. The number of benzene rings is 1. The fourth-order valence-electron chi connectivity index (χ4n) is 4.43. The number of carbonyl (C=O) groups is 1. The van der Waals surface area contributed by atoms with Crippen molar-refractivity contribution in [2.75, 3.05) is 45.1 Å². The summed E-state index contributed by atoms with van der Waals surface area (Å²) in [5.41, 5.74) is 2.12. The third kappa shape index (κ3) is 5.45. The van der Waals surface area contributed by atoms with E-state index >= 15 is 0 Å². The van der Waals surface area contributed by atoms with Gasteiger partial charge in [-0.2, -0.15) is 0 Å². The monoisotopic (exact) mass is 371 g/mol. The van der Waals surface area contributed by atoms with Crippen LogP contribution in [0.2, 0.25) is 0 Å². The minimum atomic E-state index is 0.0804. The number of guanidine groups is 1. The maximum Gasteiger partial charge on any atom is 0.225 e. The summed E-state index contributed by atoms with van der Waals surface area (Å²) in [7, 11) is 1.79. The molecule has 1 fully saturated rings. The first-order valence-electron chi connectivity index (χ1n) is 10.1. The number of amides is 1. The van der Waals surface area contributed by atoms with Crippen LogP contribution in [0.25, 0.3) is 0 Å². The standard InChI is InChI=1S/C21H33N5O/c1-15-10-16(2)14-26(13-15)9-8-23-21(22-3)24-12-17-11-20(27)25-19-7-5-4-6-18(17)19/h4-7,15-17H,8-14H2,1-3H3,(H,25,27)(H2,22,23,24). The molecule has 1 amide bonds. The highest BCUT2D eigenvalue weighted by Crippen LogP contribution is 2.31. The topological polar surface area (TPSA) is 68.8 Å². The first-order valence-corrected chi connectivity index (χ1v) is 10.1. The molecule has 2 aliphatic heterocycles. The summed E-state index contributed by atoms with van der Waals surface area (Å²) in [6.07, 6.45) is 1.84. The van der Waals surface area contributed by atoms with Crippen LogP contribution in [-0.4, -0.2) is 56.5 Å². The van der Waals surface area contributed by atoms with Gasteiger partial charge in [0.2, 0.25) is 5.91 Å². The summed E-state index contributed by atoms with van der Waals surface area (Å²) >= 11 is 0. The lowest BCUT2D eigenvalue weighted by atomic mass is 9.90. The highest BCUT2D eigenvalue weighted by atomic mass is 16.1. The minimum Gasteiger partial charge on any atom is -0.356 e. The highest BCUT2D eigenvalue weighted by Gasteiger charge is 2.25. The Bertz CT molecular complexity index is 664. The molecule has 0 aromatic heterocycles. The Morgan fingerprint density at radius 3 is 2.70 bits per heavy atom. The molecule has 6 heteroatoms. The fraction of sp³-hybridized carbons (Fsp3) is 0.619. The van der Waals surface area contributed by atoms with Gasteiger partial charge in [0.15, 0.2) is 5.96 Å². The predicted molar refractivity (Wildman–Crippen MR) is 111 cm³/mol. The maximum absolute atomic E-state index is 12.0. The summed E-state index contributed by atoms with van der Waals surface area (Å²) in [6, 6.07) is 8.04. The van der Waals surface area contributed by atoms with Crippen LogP contribution in [-0.2, 0) is 4.79 Å². The van der Waals surface area contributed by atoms with Crippen molar-refractivity contribution in [3.63, 3.8) is 0 Å². The Balaban J connectivity index is 1.46. The molecule has 2 heterocycles. The Morgan fingerprint density at radius 2 is 1.96 bits per heavy atom. The number of para-hydroxylation sites is 1. The number of carbonyl (C=O) groups excluding carboxylic acids is 1. The number of anilines is 1. The number of rotatable bonds is 5. The van der Waals surface area contributed by atoms with E-state index in [1.54, 1.807) is 7.05 Å². The molecule has 0 radical (unpaired) electrons. The van der Waals surface area contributed by atoms with Crippen molar-refractivity contribution in [3.8, 4) is 0 Å². The van der Waals surface area contributed by atoms with E-state index in [1.807, 2.05) is 18.2 Å². The van der Waals surface area contributed by atoms with E-state index in [2.05, 4.69) is 45.8 Å². The number of hydrogen-bond donors (Lipinski definition) is 3. The Hall–Kier alpha value is -2.08. The summed E-state index contributed by atoms with van der Waals surface area (Å²) < 4.78 is 0. The third-order valence-electron chi connectivity index (χ3n) is 5.51. The Morgan fingerprint density at radius 1 is 1.22 bits per heavy atom. The van der Waals surface area contributed by atoms with Crippen molar-refractivity contribution in [2.45, 2.75) is 32.6 Å². The number of piperidine rings is 1. The molecule has 3 unspecified atom stereocenters. The number of nitrogens with zero attached hydrogens (tertiary/aromatic N) is 2. The molecular weight excluding hydrogens is 338 g/mol. The molecule has 27 heavy (non-hydrogen) atoms. The van der Waals surface area contributed by atoms with Crippen LogP contribution in [0.5, 0.6) is 0 Å². The molecule has 3 atom stereocenters. The number of likely N-dealkylation sites (tertiary alicyclic amines) is 1. The van der Waals surface area contributed by atoms with Crippen LogP contribution in [0.1, 0.15) is 38.2 Å². The Kier molecular flexibility index (Phi) is 6.72. The normalized spacial score (nSPS) is 26.3. The van der Waals surface area contributed by atoms with Gasteiger partial charge in [-0.15, -0.1) is 0 Å². The molecule has 1 aromatic rings. The van der Waals surface area contributed by atoms with Gasteiger partial charge in [-0.25, -0.2) is 0 Å². The average molecular weight is 372 g/mol. The van der Waals surface area contributed by atoms with E-state index < -0.39 is 0 Å². The van der Waals surface area contributed by atoms with E-state index in [0.717, 1.165) is 36.6 Å². The van der Waals surface area contributed by atoms with Crippen molar-refractivity contribution in [2.24, 2.45) is 16.8 Å².